The average molecular weight is 268 g/mol. The van der Waals surface area contributed by atoms with Crippen molar-refractivity contribution in [2.45, 2.75) is 32.2 Å². The molecule has 1 amide bonds. The zero-order valence-electron chi connectivity index (χ0n) is 10.9. The van der Waals surface area contributed by atoms with E-state index in [1.807, 2.05) is 0 Å². The maximum Gasteiger partial charge on any atom is 0.326 e. The summed E-state index contributed by atoms with van der Waals surface area (Å²) in [6, 6.07) is -0.951. The Kier molecular flexibility index (Phi) is 6.01. The highest BCUT2D eigenvalue weighted by Crippen LogP contribution is 2.06. The highest BCUT2D eigenvalue weighted by atomic mass is 16.4. The fourth-order valence-corrected chi connectivity index (χ4v) is 1.69. The first-order chi connectivity index (χ1) is 9.04. The Morgan fingerprint density at radius 3 is 2.84 bits per heavy atom. The largest absolute Gasteiger partial charge is 0.480 e. The van der Waals surface area contributed by atoms with Crippen LogP contribution in [0.15, 0.2) is 12.5 Å². The van der Waals surface area contributed by atoms with E-state index in [9.17, 15) is 9.59 Å². The van der Waals surface area contributed by atoms with Crippen LogP contribution in [0, 0.1) is 5.92 Å². The van der Waals surface area contributed by atoms with Crippen LogP contribution in [0.5, 0.6) is 0 Å². The van der Waals surface area contributed by atoms with E-state index in [4.69, 9.17) is 10.8 Å². The van der Waals surface area contributed by atoms with Crippen molar-refractivity contribution in [1.29, 1.82) is 0 Å². The van der Waals surface area contributed by atoms with Crippen LogP contribution in [0.2, 0.25) is 0 Å². The third-order valence-electron chi connectivity index (χ3n) is 2.88. The van der Waals surface area contributed by atoms with Crippen molar-refractivity contribution >= 4 is 11.9 Å². The van der Waals surface area contributed by atoms with Crippen LogP contribution < -0.4 is 11.1 Å². The van der Waals surface area contributed by atoms with E-state index in [0.717, 1.165) is 6.42 Å². The Balaban J connectivity index is 2.53. The van der Waals surface area contributed by atoms with E-state index < -0.39 is 12.0 Å². The molecule has 7 heteroatoms. The van der Waals surface area contributed by atoms with Gasteiger partial charge in [-0.15, -0.1) is 0 Å². The van der Waals surface area contributed by atoms with Crippen molar-refractivity contribution in [2.24, 2.45) is 11.7 Å². The molecule has 0 aliphatic carbocycles. The first-order valence-electron chi connectivity index (χ1n) is 6.25. The quantitative estimate of drug-likeness (QED) is 0.524. The summed E-state index contributed by atoms with van der Waals surface area (Å²) in [5.41, 5.74) is 6.05. The monoisotopic (exact) mass is 268 g/mol. The number of aromatic nitrogens is 2. The molecule has 0 aromatic carbocycles. The summed E-state index contributed by atoms with van der Waals surface area (Å²) in [6.45, 7) is 2.29. The Bertz CT molecular complexity index is 405. The van der Waals surface area contributed by atoms with Gasteiger partial charge in [0, 0.05) is 24.2 Å². The molecule has 2 unspecified atom stereocenters. The lowest BCUT2D eigenvalue weighted by Gasteiger charge is -2.17. The standard InChI is InChI=1S/C12H20N4O3/c1-8(3-2-4-13)11(17)16-10(12(18)19)5-9-6-14-7-15-9/h6-8,10H,2-5,13H2,1H3,(H,14,15)(H,16,17)(H,18,19). The van der Waals surface area contributed by atoms with Crippen molar-refractivity contribution in [2.75, 3.05) is 6.54 Å². The van der Waals surface area contributed by atoms with Crippen LogP contribution in [0.1, 0.15) is 25.5 Å². The number of carboxylic acid groups (broad SMARTS) is 1. The maximum absolute atomic E-state index is 11.9. The second-order valence-electron chi connectivity index (χ2n) is 4.51. The highest BCUT2D eigenvalue weighted by Gasteiger charge is 2.23. The molecule has 0 spiro atoms. The van der Waals surface area contributed by atoms with Gasteiger partial charge >= 0.3 is 5.97 Å². The number of aliphatic carboxylic acids is 1. The number of amides is 1. The van der Waals surface area contributed by atoms with Crippen LogP contribution in [-0.2, 0) is 16.0 Å². The molecule has 1 rings (SSSR count). The lowest BCUT2D eigenvalue weighted by Crippen LogP contribution is -2.44. The second kappa shape index (κ2) is 7.52. The van der Waals surface area contributed by atoms with E-state index in [2.05, 4.69) is 15.3 Å². The van der Waals surface area contributed by atoms with Gasteiger partial charge in [0.15, 0.2) is 0 Å². The molecule has 0 saturated carbocycles. The molecular weight excluding hydrogens is 248 g/mol. The van der Waals surface area contributed by atoms with Crippen molar-refractivity contribution in [1.82, 2.24) is 15.3 Å². The first-order valence-corrected chi connectivity index (χ1v) is 6.25. The van der Waals surface area contributed by atoms with Crippen molar-refractivity contribution in [3.8, 4) is 0 Å². The topological polar surface area (TPSA) is 121 Å². The minimum absolute atomic E-state index is 0.185. The van der Waals surface area contributed by atoms with Crippen molar-refractivity contribution in [3.05, 3.63) is 18.2 Å². The molecule has 0 aliphatic heterocycles. The number of aromatic amines is 1. The number of hydrogen-bond acceptors (Lipinski definition) is 4. The van der Waals surface area contributed by atoms with E-state index >= 15 is 0 Å². The Labute approximate surface area is 111 Å². The van der Waals surface area contributed by atoms with Crippen LogP contribution in [-0.4, -0.2) is 39.5 Å². The highest BCUT2D eigenvalue weighted by molar-refractivity contribution is 5.84. The van der Waals surface area contributed by atoms with Crippen LogP contribution in [0.3, 0.4) is 0 Å². The number of imidazole rings is 1. The van der Waals surface area contributed by atoms with Crippen molar-refractivity contribution in [3.63, 3.8) is 0 Å². The van der Waals surface area contributed by atoms with Gasteiger partial charge in [0.05, 0.1) is 6.33 Å². The van der Waals surface area contributed by atoms with Gasteiger partial charge in [-0.3, -0.25) is 4.79 Å². The van der Waals surface area contributed by atoms with E-state index in [1.165, 1.54) is 6.33 Å². The number of carboxylic acids is 1. The molecule has 0 bridgehead atoms. The first kappa shape index (κ1) is 15.2. The lowest BCUT2D eigenvalue weighted by atomic mass is 10.0. The number of rotatable bonds is 8. The molecule has 5 N–H and O–H groups in total. The third-order valence-corrected chi connectivity index (χ3v) is 2.88. The van der Waals surface area contributed by atoms with Gasteiger partial charge in [0.1, 0.15) is 6.04 Å². The summed E-state index contributed by atoms with van der Waals surface area (Å²) in [5.74, 6) is -1.57. The molecule has 0 aliphatic rings. The Hall–Kier alpha value is -1.89. The number of nitrogens with two attached hydrogens (primary N) is 1. The maximum atomic E-state index is 11.9. The Morgan fingerprint density at radius 2 is 2.32 bits per heavy atom. The van der Waals surface area contributed by atoms with Gasteiger partial charge < -0.3 is 21.1 Å². The zero-order valence-corrected chi connectivity index (χ0v) is 10.9. The number of nitrogens with zero attached hydrogens (tertiary/aromatic N) is 1. The number of H-pyrrole nitrogens is 1. The second-order valence-corrected chi connectivity index (χ2v) is 4.51. The number of carbonyl (C=O) groups excluding carboxylic acids is 1. The SMILES string of the molecule is CC(CCCN)C(=O)NC(Cc1cnc[nH]1)C(=O)O. The molecule has 7 nitrogen and oxygen atoms in total. The fourth-order valence-electron chi connectivity index (χ4n) is 1.69. The molecule has 1 aromatic heterocycles. The predicted molar refractivity (Wildman–Crippen MR) is 69.3 cm³/mol. The molecule has 1 aromatic rings. The average Bonchev–Trinajstić information content (AvgIpc) is 2.87. The molecule has 0 fully saturated rings. The number of carbonyl (C=O) groups is 2. The van der Waals surface area contributed by atoms with Gasteiger partial charge in [-0.05, 0) is 19.4 Å². The lowest BCUT2D eigenvalue weighted by molar-refractivity contribution is -0.142. The number of nitrogens with one attached hydrogen (secondary N) is 2. The zero-order chi connectivity index (χ0) is 14.3. The summed E-state index contributed by atoms with van der Waals surface area (Å²) in [7, 11) is 0. The van der Waals surface area contributed by atoms with E-state index in [0.29, 0.717) is 18.7 Å². The molecule has 0 radical (unpaired) electrons. The van der Waals surface area contributed by atoms with Gasteiger partial charge in [0.2, 0.25) is 5.91 Å². The van der Waals surface area contributed by atoms with Gasteiger partial charge in [-0.2, -0.15) is 0 Å². The van der Waals surface area contributed by atoms with Crippen LogP contribution >= 0.6 is 0 Å². The fraction of sp³-hybridized carbons (Fsp3) is 0.583. The van der Waals surface area contributed by atoms with Crippen LogP contribution in [0.25, 0.3) is 0 Å². The number of hydrogen-bond donors (Lipinski definition) is 4. The summed E-state index contributed by atoms with van der Waals surface area (Å²) < 4.78 is 0. The van der Waals surface area contributed by atoms with Crippen molar-refractivity contribution < 1.29 is 14.7 Å². The molecule has 2 atom stereocenters. The smallest absolute Gasteiger partial charge is 0.326 e. The normalized spacial score (nSPS) is 13.8. The summed E-state index contributed by atoms with van der Waals surface area (Å²) in [5, 5.41) is 11.6. The van der Waals surface area contributed by atoms with E-state index in [1.54, 1.807) is 13.1 Å². The van der Waals surface area contributed by atoms with E-state index in [-0.39, 0.29) is 18.2 Å². The molecule has 19 heavy (non-hydrogen) atoms. The molecular formula is C12H20N4O3. The van der Waals surface area contributed by atoms with Gasteiger partial charge in [0.25, 0.3) is 0 Å². The Morgan fingerprint density at radius 1 is 1.58 bits per heavy atom. The molecule has 1 heterocycles. The summed E-state index contributed by atoms with van der Waals surface area (Å²) >= 11 is 0. The minimum Gasteiger partial charge on any atom is -0.480 e. The minimum atomic E-state index is -1.06. The summed E-state index contributed by atoms with van der Waals surface area (Å²) in [6.07, 6.45) is 4.59. The molecule has 106 valence electrons. The predicted octanol–water partition coefficient (Wildman–Crippen LogP) is -0.103. The third kappa shape index (κ3) is 5.09. The van der Waals surface area contributed by atoms with Gasteiger partial charge in [-0.25, -0.2) is 9.78 Å². The summed E-state index contributed by atoms with van der Waals surface area (Å²) in [4.78, 5) is 29.6. The van der Waals surface area contributed by atoms with Crippen LogP contribution in [0.4, 0.5) is 0 Å². The van der Waals surface area contributed by atoms with Gasteiger partial charge in [-0.1, -0.05) is 6.92 Å². The molecule has 0 saturated heterocycles.